The maximum absolute atomic E-state index is 13.2. The van der Waals surface area contributed by atoms with Gasteiger partial charge in [0.05, 0.1) is 19.6 Å². The van der Waals surface area contributed by atoms with Crippen molar-refractivity contribution >= 4 is 5.97 Å². The van der Waals surface area contributed by atoms with Gasteiger partial charge in [-0.1, -0.05) is 138 Å². The Balaban J connectivity index is 1.70. The maximum atomic E-state index is 13.2. The van der Waals surface area contributed by atoms with E-state index >= 15 is 0 Å². The van der Waals surface area contributed by atoms with Crippen molar-refractivity contribution in [3.8, 4) is 5.75 Å². The number of ether oxygens (including phenoxy) is 1. The second-order valence-electron chi connectivity index (χ2n) is 16.1. The molecule has 1 heterocycles. The molecule has 0 aliphatic carbocycles. The van der Waals surface area contributed by atoms with Gasteiger partial charge in [0.15, 0.2) is 0 Å². The molecule has 0 bridgehead atoms. The third kappa shape index (κ3) is 14.7. The molecule has 4 heteroatoms. The van der Waals surface area contributed by atoms with E-state index in [9.17, 15) is 9.90 Å². The number of aryl methyl sites for hydroxylation is 1. The molecule has 0 atom stereocenters. The largest absolute Gasteiger partial charge is 0.872 e. The minimum absolute atomic E-state index is 0.113. The van der Waals surface area contributed by atoms with Crippen molar-refractivity contribution in [2.75, 3.05) is 32.8 Å². The predicted molar refractivity (Wildman–Crippen MR) is 186 cm³/mol. The first-order valence-electron chi connectivity index (χ1n) is 18.7. The van der Waals surface area contributed by atoms with Gasteiger partial charge >= 0.3 is 5.97 Å². The summed E-state index contributed by atoms with van der Waals surface area (Å²) >= 11 is 0. The summed E-state index contributed by atoms with van der Waals surface area (Å²) < 4.78 is 6.96. The number of unbranched alkanes of at least 4 members (excludes halogenated alkanes) is 13. The maximum Gasteiger partial charge on any atom is 0.306 e. The Morgan fingerprint density at radius 2 is 1.16 bits per heavy atom. The molecule has 1 aliphatic rings. The third-order valence-electron chi connectivity index (χ3n) is 9.96. The van der Waals surface area contributed by atoms with Gasteiger partial charge in [-0.3, -0.25) is 4.79 Å². The lowest BCUT2D eigenvalue weighted by Gasteiger charge is -2.41. The summed E-state index contributed by atoms with van der Waals surface area (Å²) in [5, 5.41) is 13.2. The van der Waals surface area contributed by atoms with Crippen molar-refractivity contribution in [3.05, 3.63) is 28.8 Å². The lowest BCUT2D eigenvalue weighted by atomic mass is 9.78. The highest BCUT2D eigenvalue weighted by molar-refractivity contribution is 5.69. The first-order valence-corrected chi connectivity index (χ1v) is 18.7. The summed E-state index contributed by atoms with van der Waals surface area (Å²) in [5.41, 5.74) is 2.29. The van der Waals surface area contributed by atoms with Gasteiger partial charge in [-0.25, -0.2) is 0 Å². The molecule has 0 saturated carbocycles. The van der Waals surface area contributed by atoms with E-state index in [1.165, 1.54) is 129 Å². The molecule has 0 spiro atoms. The monoisotopic (exact) mass is 614 g/mol. The summed E-state index contributed by atoms with van der Waals surface area (Å²) in [6.07, 6.45) is 24.5. The van der Waals surface area contributed by atoms with Crippen LogP contribution in [0.4, 0.5) is 0 Å². The summed E-state index contributed by atoms with van der Waals surface area (Å²) in [7, 11) is 0. The molecule has 0 amide bonds. The Labute approximate surface area is 273 Å². The smallest absolute Gasteiger partial charge is 0.306 e. The number of rotatable bonds is 21. The summed E-state index contributed by atoms with van der Waals surface area (Å²) in [4.78, 5) is 12.8. The number of hydrogen-bond donors (Lipinski definition) is 0. The van der Waals surface area contributed by atoms with Gasteiger partial charge in [0, 0.05) is 6.42 Å². The number of piperidine rings is 1. The molecule has 4 nitrogen and oxygen atoms in total. The van der Waals surface area contributed by atoms with E-state index in [0.717, 1.165) is 27.7 Å². The molecule has 1 aromatic carbocycles. The van der Waals surface area contributed by atoms with Gasteiger partial charge in [-0.05, 0) is 66.0 Å². The lowest BCUT2D eigenvalue weighted by molar-refractivity contribution is -0.932. The molecule has 1 fully saturated rings. The van der Waals surface area contributed by atoms with Crippen LogP contribution in [0.2, 0.25) is 0 Å². The number of nitrogens with zero attached hydrogens (tertiary/aromatic N) is 1. The van der Waals surface area contributed by atoms with Crippen molar-refractivity contribution in [2.45, 2.75) is 181 Å². The van der Waals surface area contributed by atoms with E-state index in [0.29, 0.717) is 19.4 Å². The Morgan fingerprint density at radius 1 is 0.705 bits per heavy atom. The number of esters is 1. The van der Waals surface area contributed by atoms with E-state index in [2.05, 4.69) is 48.5 Å². The van der Waals surface area contributed by atoms with Crippen molar-refractivity contribution in [2.24, 2.45) is 0 Å². The van der Waals surface area contributed by atoms with Gasteiger partial charge in [0.25, 0.3) is 0 Å². The summed E-state index contributed by atoms with van der Waals surface area (Å²) in [6.45, 7) is 20.0. The number of carbonyl (C=O) groups excluding carboxylic acids is 1. The highest BCUT2D eigenvalue weighted by Gasteiger charge is 2.29. The fourth-order valence-electron chi connectivity index (χ4n) is 7.00. The second-order valence-corrected chi connectivity index (χ2v) is 16.1. The number of likely N-dealkylation sites (tertiary alicyclic amines) is 1. The zero-order chi connectivity index (χ0) is 32.5. The van der Waals surface area contributed by atoms with Gasteiger partial charge in [0.1, 0.15) is 13.2 Å². The minimum Gasteiger partial charge on any atom is -0.872 e. The van der Waals surface area contributed by atoms with E-state index in [1.54, 1.807) is 0 Å². The molecule has 44 heavy (non-hydrogen) atoms. The van der Waals surface area contributed by atoms with E-state index in [-0.39, 0.29) is 22.5 Å². The lowest BCUT2D eigenvalue weighted by Crippen LogP contribution is -2.53. The number of hydrogen-bond acceptors (Lipinski definition) is 3. The molecule has 1 saturated heterocycles. The zero-order valence-corrected chi connectivity index (χ0v) is 30.3. The topological polar surface area (TPSA) is 49.4 Å². The fourth-order valence-corrected chi connectivity index (χ4v) is 7.00. The van der Waals surface area contributed by atoms with Crippen LogP contribution >= 0.6 is 0 Å². The Bertz CT molecular complexity index is 898. The van der Waals surface area contributed by atoms with Gasteiger partial charge < -0.3 is 14.3 Å². The predicted octanol–water partition coefficient (Wildman–Crippen LogP) is 10.3. The van der Waals surface area contributed by atoms with Gasteiger partial charge in [-0.15, -0.1) is 5.75 Å². The van der Waals surface area contributed by atoms with Crippen molar-refractivity contribution in [3.63, 3.8) is 0 Å². The van der Waals surface area contributed by atoms with Crippen LogP contribution in [0.5, 0.6) is 5.75 Å². The van der Waals surface area contributed by atoms with Crippen LogP contribution in [-0.2, 0) is 26.8 Å². The quantitative estimate of drug-likeness (QED) is 0.0787. The van der Waals surface area contributed by atoms with Crippen molar-refractivity contribution in [1.82, 2.24) is 0 Å². The van der Waals surface area contributed by atoms with Crippen LogP contribution in [0, 0.1) is 0 Å². The normalized spacial score (nSPS) is 15.4. The average molecular weight is 614 g/mol. The number of carbonyl (C=O) groups is 1. The fraction of sp³-hybridized carbons (Fsp3) is 0.825. The Morgan fingerprint density at radius 3 is 1.61 bits per heavy atom. The summed E-state index contributed by atoms with van der Waals surface area (Å²) in [5.74, 6) is 0.0307. The Hall–Kier alpha value is -1.55. The van der Waals surface area contributed by atoms with E-state index in [4.69, 9.17) is 4.74 Å². The molecule has 0 aromatic heterocycles. The minimum atomic E-state index is -0.229. The first kappa shape index (κ1) is 38.6. The zero-order valence-electron chi connectivity index (χ0n) is 30.3. The molecular weight excluding hydrogens is 542 g/mol. The van der Waals surface area contributed by atoms with Crippen LogP contribution in [0.15, 0.2) is 12.1 Å². The second kappa shape index (κ2) is 19.9. The SMILES string of the molecule is CCCCCCCCCCCCCCCC[N+]1(CCOC(=O)CCc2cc(C(C)(C)C)c([O-])c(C(C)(C)C)c2)CCCCC1. The van der Waals surface area contributed by atoms with Crippen LogP contribution < -0.4 is 5.11 Å². The van der Waals surface area contributed by atoms with E-state index < -0.39 is 0 Å². The standard InChI is InChI=1S/C40H71NO3/c1-8-9-10-11-12-13-14-15-16-17-18-19-20-22-27-41(28-23-21-24-29-41)30-31-44-37(42)26-25-34-32-35(39(2,3)4)38(43)36(33-34)40(5,6)7/h32-33H,8-31H2,1-7H3. The Kier molecular flexibility index (Phi) is 17.4. The van der Waals surface area contributed by atoms with Crippen LogP contribution in [0.25, 0.3) is 0 Å². The summed E-state index contributed by atoms with van der Waals surface area (Å²) in [6, 6.07) is 4.05. The first-order chi connectivity index (χ1) is 20.9. The number of quaternary nitrogens is 1. The van der Waals surface area contributed by atoms with Gasteiger partial charge in [0.2, 0.25) is 0 Å². The van der Waals surface area contributed by atoms with Crippen molar-refractivity contribution < 1.29 is 19.1 Å². The molecule has 1 aromatic rings. The molecule has 254 valence electrons. The molecule has 0 N–H and O–H groups in total. The average Bonchev–Trinajstić information content (AvgIpc) is 2.96. The third-order valence-corrected chi connectivity index (χ3v) is 9.96. The van der Waals surface area contributed by atoms with Crippen LogP contribution in [0.1, 0.15) is 181 Å². The molecule has 0 radical (unpaired) electrons. The number of benzene rings is 1. The highest BCUT2D eigenvalue weighted by Crippen LogP contribution is 2.38. The molecular formula is C40H71NO3. The van der Waals surface area contributed by atoms with Crippen molar-refractivity contribution in [1.29, 1.82) is 0 Å². The van der Waals surface area contributed by atoms with E-state index in [1.807, 2.05) is 12.1 Å². The van der Waals surface area contributed by atoms with Crippen LogP contribution in [0.3, 0.4) is 0 Å². The van der Waals surface area contributed by atoms with Crippen LogP contribution in [-0.4, -0.2) is 43.2 Å². The molecule has 2 rings (SSSR count). The highest BCUT2D eigenvalue weighted by atomic mass is 16.5. The van der Waals surface area contributed by atoms with Gasteiger partial charge in [-0.2, -0.15) is 0 Å². The molecule has 0 unspecified atom stereocenters. The molecule has 1 aliphatic heterocycles.